The van der Waals surface area contributed by atoms with Gasteiger partial charge in [0.15, 0.2) is 0 Å². The molecule has 0 N–H and O–H groups in total. The van der Waals surface area contributed by atoms with Crippen molar-refractivity contribution in [2.75, 3.05) is 0 Å². The number of carbonyl (C=O) groups excluding carboxylic acids is 1. The molecule has 2 nitrogen and oxygen atoms in total. The summed E-state index contributed by atoms with van der Waals surface area (Å²) in [5.41, 5.74) is 2.55. The molecule has 8 atom stereocenters. The number of hydrogen-bond donors (Lipinski definition) is 0. The van der Waals surface area contributed by atoms with Crippen molar-refractivity contribution in [3.63, 3.8) is 0 Å². The van der Waals surface area contributed by atoms with Gasteiger partial charge in [-0.25, -0.2) is 0 Å². The van der Waals surface area contributed by atoms with Crippen molar-refractivity contribution in [3.8, 4) is 0 Å². The summed E-state index contributed by atoms with van der Waals surface area (Å²) < 4.78 is 5.59. The van der Waals surface area contributed by atoms with E-state index in [1.165, 1.54) is 51.4 Å². The second-order valence-corrected chi connectivity index (χ2v) is 11.2. The highest BCUT2D eigenvalue weighted by atomic mass is 16.5. The Morgan fingerprint density at radius 1 is 1.18 bits per heavy atom. The highest BCUT2D eigenvalue weighted by Gasteiger charge is 2.59. The van der Waals surface area contributed by atoms with Crippen molar-refractivity contribution in [2.24, 2.45) is 40.4 Å². The number of allylic oxidation sites excluding steroid dienone is 1. The number of fused-ring (bicyclic) bond motifs is 5. The first-order valence-electron chi connectivity index (χ1n) is 12.2. The number of carbonyl (C=O) groups is 1. The Labute approximate surface area is 172 Å². The predicted octanol–water partition coefficient (Wildman–Crippen LogP) is 6.93. The van der Waals surface area contributed by atoms with Gasteiger partial charge < -0.3 is 4.74 Å². The van der Waals surface area contributed by atoms with Crippen LogP contribution < -0.4 is 0 Å². The number of esters is 1. The monoisotopic (exact) mass is 386 g/mol. The molecule has 0 spiro atoms. The fraction of sp³-hybridized carbons (Fsp3) is 0.885. The lowest BCUT2D eigenvalue weighted by molar-refractivity contribution is -0.148. The first-order chi connectivity index (χ1) is 13.3. The van der Waals surface area contributed by atoms with Gasteiger partial charge in [0.2, 0.25) is 0 Å². The SMILES string of the molecule is CCCC(C)C1CCC2C3CC=C4CC(OC(C)=O)CC[C@]4(C)C3CC[C@]12C. The maximum absolute atomic E-state index is 11.4. The van der Waals surface area contributed by atoms with Gasteiger partial charge >= 0.3 is 5.97 Å². The highest BCUT2D eigenvalue weighted by molar-refractivity contribution is 5.66. The predicted molar refractivity (Wildman–Crippen MR) is 115 cm³/mol. The fourth-order valence-electron chi connectivity index (χ4n) is 8.59. The van der Waals surface area contributed by atoms with Crippen LogP contribution in [-0.2, 0) is 9.53 Å². The van der Waals surface area contributed by atoms with E-state index in [1.54, 1.807) is 12.5 Å². The van der Waals surface area contributed by atoms with Crippen LogP contribution in [0.1, 0.15) is 98.8 Å². The summed E-state index contributed by atoms with van der Waals surface area (Å²) in [6.45, 7) is 11.6. The molecule has 0 aromatic carbocycles. The average molecular weight is 387 g/mol. The van der Waals surface area contributed by atoms with Gasteiger partial charge in [0.25, 0.3) is 0 Å². The molecule has 3 saturated carbocycles. The largest absolute Gasteiger partial charge is 0.462 e. The van der Waals surface area contributed by atoms with Gasteiger partial charge in [-0.1, -0.05) is 52.2 Å². The molecule has 28 heavy (non-hydrogen) atoms. The molecule has 2 heteroatoms. The van der Waals surface area contributed by atoms with Crippen molar-refractivity contribution < 1.29 is 9.53 Å². The highest BCUT2D eigenvalue weighted by Crippen LogP contribution is 2.67. The quantitative estimate of drug-likeness (QED) is 0.386. The molecular weight excluding hydrogens is 344 g/mol. The van der Waals surface area contributed by atoms with Crippen LogP contribution in [0.5, 0.6) is 0 Å². The second kappa shape index (κ2) is 7.47. The van der Waals surface area contributed by atoms with E-state index in [0.717, 1.165) is 42.4 Å². The third-order valence-corrected chi connectivity index (χ3v) is 9.90. The Bertz CT molecular complexity index is 636. The first kappa shape index (κ1) is 20.5. The van der Waals surface area contributed by atoms with E-state index < -0.39 is 0 Å². The average Bonchev–Trinajstić information content (AvgIpc) is 2.99. The molecule has 0 saturated heterocycles. The van der Waals surface area contributed by atoms with E-state index in [4.69, 9.17) is 4.74 Å². The number of hydrogen-bond acceptors (Lipinski definition) is 2. The lowest BCUT2D eigenvalue weighted by Gasteiger charge is -2.58. The third-order valence-electron chi connectivity index (χ3n) is 9.90. The molecule has 0 amide bonds. The number of rotatable bonds is 4. The first-order valence-corrected chi connectivity index (χ1v) is 12.2. The molecular formula is C26H42O2. The van der Waals surface area contributed by atoms with E-state index in [-0.39, 0.29) is 12.1 Å². The molecule has 6 unspecified atom stereocenters. The molecule has 158 valence electrons. The van der Waals surface area contributed by atoms with Crippen molar-refractivity contribution in [1.29, 1.82) is 0 Å². The third kappa shape index (κ3) is 3.18. The summed E-state index contributed by atoms with van der Waals surface area (Å²) in [4.78, 5) is 11.4. The van der Waals surface area contributed by atoms with E-state index in [1.807, 2.05) is 0 Å². The molecule has 4 rings (SSSR count). The summed E-state index contributed by atoms with van der Waals surface area (Å²) in [6.07, 6.45) is 15.7. The van der Waals surface area contributed by atoms with Gasteiger partial charge in [-0.05, 0) is 85.4 Å². The Morgan fingerprint density at radius 2 is 1.96 bits per heavy atom. The van der Waals surface area contributed by atoms with Crippen LogP contribution in [0.25, 0.3) is 0 Å². The maximum atomic E-state index is 11.4. The molecule has 4 aliphatic carbocycles. The standard InChI is InChI=1S/C26H42O2/c1-6-7-17(2)22-10-11-23-21-9-8-19-16-20(28-18(3)27)12-14-25(19,4)24(21)13-15-26(22,23)5/h8,17,20-24H,6-7,9-16H2,1-5H3/t17?,20?,21?,22?,23?,24?,25-,26+/m0/s1. The molecule has 4 aliphatic rings. The van der Waals surface area contributed by atoms with Crippen molar-refractivity contribution in [2.45, 2.75) is 105 Å². The van der Waals surface area contributed by atoms with E-state index in [9.17, 15) is 4.79 Å². The smallest absolute Gasteiger partial charge is 0.302 e. The van der Waals surface area contributed by atoms with Crippen molar-refractivity contribution in [3.05, 3.63) is 11.6 Å². The van der Waals surface area contributed by atoms with Crippen LogP contribution >= 0.6 is 0 Å². The number of ether oxygens (including phenoxy) is 1. The van der Waals surface area contributed by atoms with Gasteiger partial charge in [-0.2, -0.15) is 0 Å². The fourth-order valence-corrected chi connectivity index (χ4v) is 8.59. The van der Waals surface area contributed by atoms with Gasteiger partial charge in [0, 0.05) is 13.3 Å². The summed E-state index contributed by atoms with van der Waals surface area (Å²) in [5, 5.41) is 0. The van der Waals surface area contributed by atoms with Crippen molar-refractivity contribution >= 4 is 5.97 Å². The minimum Gasteiger partial charge on any atom is -0.462 e. The van der Waals surface area contributed by atoms with Crippen LogP contribution in [0.4, 0.5) is 0 Å². The van der Waals surface area contributed by atoms with Gasteiger partial charge in [0.05, 0.1) is 0 Å². The summed E-state index contributed by atoms with van der Waals surface area (Å²) in [7, 11) is 0. The lowest BCUT2D eigenvalue weighted by Crippen LogP contribution is -2.51. The van der Waals surface area contributed by atoms with E-state index in [0.29, 0.717) is 10.8 Å². The van der Waals surface area contributed by atoms with Gasteiger partial charge in [0.1, 0.15) is 6.10 Å². The maximum Gasteiger partial charge on any atom is 0.302 e. The lowest BCUT2D eigenvalue weighted by atomic mass is 9.47. The molecule has 0 radical (unpaired) electrons. The Kier molecular flexibility index (Phi) is 5.47. The zero-order chi connectivity index (χ0) is 20.1. The van der Waals surface area contributed by atoms with Gasteiger partial charge in [-0.15, -0.1) is 0 Å². The van der Waals surface area contributed by atoms with Crippen LogP contribution in [0.2, 0.25) is 0 Å². The second-order valence-electron chi connectivity index (χ2n) is 11.2. The Balaban J connectivity index is 1.54. The minimum atomic E-state index is -0.116. The Hall–Kier alpha value is -0.790. The molecule has 3 fully saturated rings. The normalized spacial score (nSPS) is 46.0. The molecule has 0 bridgehead atoms. The topological polar surface area (TPSA) is 26.3 Å². The minimum absolute atomic E-state index is 0.116. The van der Waals surface area contributed by atoms with E-state index >= 15 is 0 Å². The van der Waals surface area contributed by atoms with Crippen molar-refractivity contribution in [1.82, 2.24) is 0 Å². The molecule has 0 heterocycles. The van der Waals surface area contributed by atoms with Gasteiger partial charge in [-0.3, -0.25) is 4.79 Å². The zero-order valence-electron chi connectivity index (χ0n) is 18.9. The van der Waals surface area contributed by atoms with E-state index in [2.05, 4.69) is 33.8 Å². The summed E-state index contributed by atoms with van der Waals surface area (Å²) in [5.74, 6) is 4.38. The molecule has 0 aliphatic heterocycles. The van der Waals surface area contributed by atoms with Crippen LogP contribution in [-0.4, -0.2) is 12.1 Å². The van der Waals surface area contributed by atoms with Crippen LogP contribution in [0.3, 0.4) is 0 Å². The van der Waals surface area contributed by atoms with Crippen LogP contribution in [0, 0.1) is 40.4 Å². The van der Waals surface area contributed by atoms with Crippen LogP contribution in [0.15, 0.2) is 11.6 Å². The zero-order valence-corrected chi connectivity index (χ0v) is 18.9. The molecule has 0 aromatic rings. The summed E-state index contributed by atoms with van der Waals surface area (Å²) in [6, 6.07) is 0. The summed E-state index contributed by atoms with van der Waals surface area (Å²) >= 11 is 0. The Morgan fingerprint density at radius 3 is 2.68 bits per heavy atom. The molecule has 0 aromatic heterocycles.